The topological polar surface area (TPSA) is 35.5 Å². The highest BCUT2D eigenvalue weighted by Crippen LogP contribution is 2.43. The van der Waals surface area contributed by atoms with Crippen LogP contribution in [0.15, 0.2) is 0 Å². The Hall–Kier alpha value is -0.120. The van der Waals surface area contributed by atoms with Crippen molar-refractivity contribution in [2.24, 2.45) is 5.41 Å². The van der Waals surface area contributed by atoms with Gasteiger partial charge in [-0.15, -0.1) is 0 Å². The monoisotopic (exact) mass is 282 g/mol. The predicted molar refractivity (Wildman–Crippen MR) is 85.0 cm³/mol. The Labute approximate surface area is 125 Å². The molecular weight excluding hydrogens is 248 g/mol. The summed E-state index contributed by atoms with van der Waals surface area (Å²) in [4.78, 5) is 2.57. The first-order valence-electron chi connectivity index (χ1n) is 8.77. The predicted octanol–water partition coefficient (Wildman–Crippen LogP) is 2.78. The van der Waals surface area contributed by atoms with Gasteiger partial charge in [0.2, 0.25) is 0 Å². The molecule has 2 saturated carbocycles. The average Bonchev–Trinajstić information content (AvgIpc) is 2.42. The van der Waals surface area contributed by atoms with E-state index in [2.05, 4.69) is 24.1 Å². The first-order chi connectivity index (χ1) is 9.61. The van der Waals surface area contributed by atoms with Crippen LogP contribution in [-0.4, -0.2) is 48.3 Å². The molecule has 118 valence electrons. The molecule has 0 bridgehead atoms. The number of likely N-dealkylation sites (N-methyl/N-ethyl adjacent to an activating group) is 1. The third-order valence-electron chi connectivity index (χ3n) is 5.47. The Morgan fingerprint density at radius 2 is 1.60 bits per heavy atom. The van der Waals surface area contributed by atoms with E-state index in [1.807, 2.05) is 0 Å². The highest BCUT2D eigenvalue weighted by Gasteiger charge is 2.42. The summed E-state index contributed by atoms with van der Waals surface area (Å²) >= 11 is 0. The summed E-state index contributed by atoms with van der Waals surface area (Å²) in [6.07, 6.45) is 10.7. The summed E-state index contributed by atoms with van der Waals surface area (Å²) in [6, 6.07) is 0. The van der Waals surface area contributed by atoms with Gasteiger partial charge in [-0.05, 0) is 50.6 Å². The molecule has 3 rings (SSSR count). The molecule has 2 N–H and O–H groups in total. The zero-order valence-electron chi connectivity index (χ0n) is 13.6. The molecule has 2 aliphatic carbocycles. The van der Waals surface area contributed by atoms with Gasteiger partial charge in [-0.3, -0.25) is 0 Å². The summed E-state index contributed by atoms with van der Waals surface area (Å²) in [5.41, 5.74) is 0.463. The SMILES string of the molecule is CCN1CC2(CCCCC2)C1.CCNCC1(O)CCC1. The lowest BCUT2D eigenvalue weighted by Crippen LogP contribution is -2.56. The minimum Gasteiger partial charge on any atom is -0.389 e. The van der Waals surface area contributed by atoms with E-state index in [4.69, 9.17) is 0 Å². The zero-order valence-corrected chi connectivity index (χ0v) is 13.6. The lowest BCUT2D eigenvalue weighted by atomic mass is 9.69. The fraction of sp³-hybridized carbons (Fsp3) is 1.00. The number of nitrogens with one attached hydrogen (secondary N) is 1. The average molecular weight is 282 g/mol. The largest absolute Gasteiger partial charge is 0.389 e. The molecule has 1 saturated heterocycles. The van der Waals surface area contributed by atoms with Gasteiger partial charge >= 0.3 is 0 Å². The van der Waals surface area contributed by atoms with E-state index in [9.17, 15) is 5.11 Å². The Kier molecular flexibility index (Phi) is 5.88. The van der Waals surface area contributed by atoms with E-state index in [-0.39, 0.29) is 5.60 Å². The number of nitrogens with zero attached hydrogens (tertiary/aromatic N) is 1. The van der Waals surface area contributed by atoms with Crippen molar-refractivity contribution in [1.29, 1.82) is 0 Å². The summed E-state index contributed by atoms with van der Waals surface area (Å²) in [5.74, 6) is 0. The lowest BCUT2D eigenvalue weighted by molar-refractivity contribution is -0.0308. The van der Waals surface area contributed by atoms with Gasteiger partial charge in [0.15, 0.2) is 0 Å². The molecule has 1 spiro atoms. The minimum atomic E-state index is -0.337. The molecule has 0 unspecified atom stereocenters. The summed E-state index contributed by atoms with van der Waals surface area (Å²) in [6.45, 7) is 10.2. The molecule has 3 aliphatic rings. The first-order valence-corrected chi connectivity index (χ1v) is 8.77. The quantitative estimate of drug-likeness (QED) is 0.832. The molecule has 3 heteroatoms. The summed E-state index contributed by atoms with van der Waals surface area (Å²) in [5, 5.41) is 12.6. The van der Waals surface area contributed by atoms with Crippen molar-refractivity contribution >= 4 is 0 Å². The number of hydrogen-bond donors (Lipinski definition) is 2. The van der Waals surface area contributed by atoms with Crippen molar-refractivity contribution < 1.29 is 5.11 Å². The second-order valence-corrected chi connectivity index (χ2v) is 7.22. The number of rotatable bonds is 4. The third-order valence-corrected chi connectivity index (χ3v) is 5.47. The van der Waals surface area contributed by atoms with Gasteiger partial charge < -0.3 is 15.3 Å². The maximum Gasteiger partial charge on any atom is 0.0771 e. The van der Waals surface area contributed by atoms with Gasteiger partial charge in [0.25, 0.3) is 0 Å². The van der Waals surface area contributed by atoms with E-state index in [0.717, 1.165) is 31.3 Å². The second kappa shape index (κ2) is 7.24. The van der Waals surface area contributed by atoms with Crippen LogP contribution in [0.5, 0.6) is 0 Å². The van der Waals surface area contributed by atoms with Crippen LogP contribution in [-0.2, 0) is 0 Å². The standard InChI is InChI=1S/C10H19N.C7H15NO/c1-2-11-8-10(9-11)6-4-3-5-7-10;1-2-8-6-7(9)4-3-5-7/h2-9H2,1H3;8-9H,2-6H2,1H3. The van der Waals surface area contributed by atoms with Crippen LogP contribution in [0.1, 0.15) is 65.2 Å². The van der Waals surface area contributed by atoms with E-state index in [1.165, 1.54) is 58.2 Å². The Morgan fingerprint density at radius 1 is 0.950 bits per heavy atom. The zero-order chi connectivity index (χ0) is 14.5. The van der Waals surface area contributed by atoms with Crippen LogP contribution in [0.4, 0.5) is 0 Å². The minimum absolute atomic E-state index is 0.337. The van der Waals surface area contributed by atoms with Crippen molar-refractivity contribution in [3.05, 3.63) is 0 Å². The first kappa shape index (κ1) is 16.3. The van der Waals surface area contributed by atoms with E-state index in [1.54, 1.807) is 0 Å². The van der Waals surface area contributed by atoms with E-state index in [0.29, 0.717) is 0 Å². The summed E-state index contributed by atoms with van der Waals surface area (Å²) < 4.78 is 0. The molecule has 0 aromatic heterocycles. The van der Waals surface area contributed by atoms with Crippen molar-refractivity contribution in [1.82, 2.24) is 10.2 Å². The molecule has 1 heterocycles. The molecule has 20 heavy (non-hydrogen) atoms. The van der Waals surface area contributed by atoms with Crippen molar-refractivity contribution in [3.63, 3.8) is 0 Å². The molecule has 1 aliphatic heterocycles. The Bertz CT molecular complexity index is 275. The van der Waals surface area contributed by atoms with Crippen molar-refractivity contribution in [2.45, 2.75) is 70.8 Å². The maximum atomic E-state index is 9.48. The highest BCUT2D eigenvalue weighted by atomic mass is 16.3. The Morgan fingerprint density at radius 3 is 2.05 bits per heavy atom. The molecule has 0 aromatic carbocycles. The number of aliphatic hydroxyl groups is 1. The maximum absolute atomic E-state index is 9.48. The molecule has 3 nitrogen and oxygen atoms in total. The van der Waals surface area contributed by atoms with Crippen molar-refractivity contribution in [3.8, 4) is 0 Å². The van der Waals surface area contributed by atoms with Gasteiger partial charge in [0.1, 0.15) is 0 Å². The van der Waals surface area contributed by atoms with Crippen LogP contribution < -0.4 is 5.32 Å². The normalized spacial score (nSPS) is 27.1. The van der Waals surface area contributed by atoms with Crippen LogP contribution in [0, 0.1) is 5.41 Å². The van der Waals surface area contributed by atoms with Crippen LogP contribution in [0.2, 0.25) is 0 Å². The van der Waals surface area contributed by atoms with Gasteiger partial charge in [0, 0.05) is 19.6 Å². The van der Waals surface area contributed by atoms with Crippen LogP contribution in [0.25, 0.3) is 0 Å². The Balaban J connectivity index is 0.000000151. The second-order valence-electron chi connectivity index (χ2n) is 7.22. The van der Waals surface area contributed by atoms with Gasteiger partial charge in [0.05, 0.1) is 5.60 Å². The molecular formula is C17H34N2O. The number of hydrogen-bond acceptors (Lipinski definition) is 3. The fourth-order valence-corrected chi connectivity index (χ4v) is 3.86. The third kappa shape index (κ3) is 4.19. The number of likely N-dealkylation sites (tertiary alicyclic amines) is 1. The van der Waals surface area contributed by atoms with Gasteiger partial charge in [-0.2, -0.15) is 0 Å². The van der Waals surface area contributed by atoms with Crippen LogP contribution in [0.3, 0.4) is 0 Å². The van der Waals surface area contributed by atoms with Gasteiger partial charge in [-0.25, -0.2) is 0 Å². The molecule has 0 atom stereocenters. The van der Waals surface area contributed by atoms with E-state index < -0.39 is 0 Å². The highest BCUT2D eigenvalue weighted by molar-refractivity contribution is 4.95. The lowest BCUT2D eigenvalue weighted by Gasteiger charge is -2.52. The van der Waals surface area contributed by atoms with Gasteiger partial charge in [-0.1, -0.05) is 33.1 Å². The molecule has 0 radical (unpaired) electrons. The molecule has 0 aromatic rings. The fourth-order valence-electron chi connectivity index (χ4n) is 3.86. The summed E-state index contributed by atoms with van der Waals surface area (Å²) in [7, 11) is 0. The van der Waals surface area contributed by atoms with E-state index >= 15 is 0 Å². The van der Waals surface area contributed by atoms with Crippen molar-refractivity contribution in [2.75, 3.05) is 32.7 Å². The molecule has 3 fully saturated rings. The molecule has 0 amide bonds. The smallest absolute Gasteiger partial charge is 0.0771 e. The van der Waals surface area contributed by atoms with Crippen LogP contribution >= 0.6 is 0 Å².